The number of thiocarbonyl (C=S) groups is 1. The van der Waals surface area contributed by atoms with Gasteiger partial charge in [-0.05, 0) is 38.5 Å². The minimum Gasteiger partial charge on any atom is -0.355 e. The van der Waals surface area contributed by atoms with E-state index in [0.29, 0.717) is 14.8 Å². The summed E-state index contributed by atoms with van der Waals surface area (Å²) < 4.78 is 2.17. The molecule has 3 fully saturated rings. The van der Waals surface area contributed by atoms with Crippen molar-refractivity contribution in [2.45, 2.75) is 45.1 Å². The van der Waals surface area contributed by atoms with Gasteiger partial charge in [0.25, 0.3) is 11.5 Å². The largest absolute Gasteiger partial charge is 0.355 e. The molecule has 4 rings (SSSR count). The Hall–Kier alpha value is -2.15. The summed E-state index contributed by atoms with van der Waals surface area (Å²) in [5.74, 6) is 0.713. The third kappa shape index (κ3) is 4.12. The van der Waals surface area contributed by atoms with E-state index in [0.717, 1.165) is 63.2 Å². The molecule has 3 aliphatic rings. The summed E-state index contributed by atoms with van der Waals surface area (Å²) in [6, 6.07) is 2.25. The second-order valence-corrected chi connectivity index (χ2v) is 10.5. The summed E-state index contributed by atoms with van der Waals surface area (Å²) >= 11 is 6.92. The lowest BCUT2D eigenvalue weighted by atomic mass is 9.94. The van der Waals surface area contributed by atoms with Crippen LogP contribution in [0.4, 0.5) is 5.82 Å². The molecular formula is C23H29N5O2S2. The maximum absolute atomic E-state index is 13.4. The van der Waals surface area contributed by atoms with Crippen molar-refractivity contribution in [3.63, 3.8) is 0 Å². The lowest BCUT2D eigenvalue weighted by molar-refractivity contribution is -0.124. The molecule has 0 radical (unpaired) electrons. The Kier molecular flexibility index (Phi) is 6.75. The molecule has 170 valence electrons. The summed E-state index contributed by atoms with van der Waals surface area (Å²) in [7, 11) is 3.79. The lowest BCUT2D eigenvalue weighted by Crippen LogP contribution is -2.46. The Morgan fingerprint density at radius 3 is 2.38 bits per heavy atom. The second-order valence-electron chi connectivity index (χ2n) is 8.85. The van der Waals surface area contributed by atoms with Gasteiger partial charge in [0, 0.05) is 44.8 Å². The molecule has 7 nitrogen and oxygen atoms in total. The van der Waals surface area contributed by atoms with Crippen molar-refractivity contribution in [3.05, 3.63) is 31.9 Å². The molecule has 1 aromatic rings. The van der Waals surface area contributed by atoms with Gasteiger partial charge in [0.1, 0.15) is 21.8 Å². The number of anilines is 1. The van der Waals surface area contributed by atoms with Gasteiger partial charge in [0.05, 0.1) is 4.91 Å². The third-order valence-electron chi connectivity index (χ3n) is 6.81. The van der Waals surface area contributed by atoms with Crippen LogP contribution in [0, 0.1) is 18.3 Å². The molecule has 0 aromatic carbocycles. The number of amides is 1. The molecule has 1 aliphatic carbocycles. The molecule has 2 aliphatic heterocycles. The first-order chi connectivity index (χ1) is 15.3. The quantitative estimate of drug-likeness (QED) is 0.496. The van der Waals surface area contributed by atoms with Crippen molar-refractivity contribution in [2.75, 3.05) is 38.1 Å². The summed E-state index contributed by atoms with van der Waals surface area (Å²) in [5, 5.41) is 9.65. The fourth-order valence-electron chi connectivity index (χ4n) is 4.88. The minimum atomic E-state index is -0.300. The van der Waals surface area contributed by atoms with E-state index in [2.05, 4.69) is 22.9 Å². The molecule has 0 unspecified atom stereocenters. The van der Waals surface area contributed by atoms with Crippen molar-refractivity contribution in [1.29, 1.82) is 5.26 Å². The van der Waals surface area contributed by atoms with Gasteiger partial charge in [-0.2, -0.15) is 5.26 Å². The molecule has 32 heavy (non-hydrogen) atoms. The van der Waals surface area contributed by atoms with Crippen LogP contribution in [0.3, 0.4) is 0 Å². The molecule has 1 amide bonds. The fourth-order valence-corrected chi connectivity index (χ4v) is 6.26. The smallest absolute Gasteiger partial charge is 0.270 e. The van der Waals surface area contributed by atoms with E-state index in [1.54, 1.807) is 23.4 Å². The average Bonchev–Trinajstić information content (AvgIpc) is 3.07. The standard InChI is InChI=1S/C23H29N5O2S2/c1-15-17(13-19-22(30)28(23(31)32-19)16-7-5-4-6-8-16)20(26(3)21(29)18(15)14-24)27-11-9-25(2)10-12-27/h13,16H,4-12H2,1-3H3. The van der Waals surface area contributed by atoms with Crippen molar-refractivity contribution in [3.8, 4) is 6.07 Å². The van der Waals surface area contributed by atoms with Gasteiger partial charge in [0.15, 0.2) is 0 Å². The monoisotopic (exact) mass is 471 g/mol. The van der Waals surface area contributed by atoms with E-state index in [9.17, 15) is 14.9 Å². The topological polar surface area (TPSA) is 72.6 Å². The summed E-state index contributed by atoms with van der Waals surface area (Å²) in [4.78, 5) is 33.1. The normalized spacial score (nSPS) is 22.1. The summed E-state index contributed by atoms with van der Waals surface area (Å²) in [6.45, 7) is 5.12. The molecule has 0 bridgehead atoms. The Bertz CT molecular complexity index is 1070. The Balaban J connectivity index is 1.79. The molecule has 2 saturated heterocycles. The highest BCUT2D eigenvalue weighted by Gasteiger charge is 2.38. The van der Waals surface area contributed by atoms with Crippen LogP contribution in [0.1, 0.15) is 48.8 Å². The fraction of sp³-hybridized carbons (Fsp3) is 0.565. The molecule has 3 heterocycles. The number of nitriles is 1. The number of pyridine rings is 1. The van der Waals surface area contributed by atoms with Crippen LogP contribution >= 0.6 is 24.0 Å². The zero-order valence-corrected chi connectivity index (χ0v) is 20.5. The number of aromatic nitrogens is 1. The van der Waals surface area contributed by atoms with Crippen LogP contribution in [0.25, 0.3) is 6.08 Å². The molecule has 0 N–H and O–H groups in total. The van der Waals surface area contributed by atoms with E-state index in [4.69, 9.17) is 12.2 Å². The van der Waals surface area contributed by atoms with Crippen LogP contribution in [0.5, 0.6) is 0 Å². The number of piperazine rings is 1. The van der Waals surface area contributed by atoms with E-state index >= 15 is 0 Å². The highest BCUT2D eigenvalue weighted by Crippen LogP contribution is 2.39. The van der Waals surface area contributed by atoms with E-state index < -0.39 is 0 Å². The van der Waals surface area contributed by atoms with E-state index in [1.165, 1.54) is 18.2 Å². The van der Waals surface area contributed by atoms with Crippen LogP contribution < -0.4 is 10.5 Å². The van der Waals surface area contributed by atoms with Crippen molar-refractivity contribution in [2.24, 2.45) is 7.05 Å². The van der Waals surface area contributed by atoms with Crippen LogP contribution in [-0.4, -0.2) is 63.9 Å². The highest BCUT2D eigenvalue weighted by molar-refractivity contribution is 8.26. The first kappa shape index (κ1) is 23.0. The van der Waals surface area contributed by atoms with Gasteiger partial charge in [-0.15, -0.1) is 0 Å². The number of thioether (sulfide) groups is 1. The maximum Gasteiger partial charge on any atom is 0.270 e. The predicted molar refractivity (Wildman–Crippen MR) is 133 cm³/mol. The number of carbonyl (C=O) groups excluding carboxylic acids is 1. The number of likely N-dealkylation sites (N-methyl/N-ethyl adjacent to an activating group) is 1. The van der Waals surface area contributed by atoms with Gasteiger partial charge in [-0.25, -0.2) is 0 Å². The Morgan fingerprint density at radius 2 is 1.75 bits per heavy atom. The number of nitrogens with zero attached hydrogens (tertiary/aromatic N) is 5. The van der Waals surface area contributed by atoms with Crippen molar-refractivity contribution >= 4 is 46.1 Å². The van der Waals surface area contributed by atoms with Crippen molar-refractivity contribution in [1.82, 2.24) is 14.4 Å². The molecule has 0 spiro atoms. The molecular weight excluding hydrogens is 442 g/mol. The number of rotatable bonds is 3. The first-order valence-electron chi connectivity index (χ1n) is 11.2. The zero-order valence-electron chi connectivity index (χ0n) is 18.9. The highest BCUT2D eigenvalue weighted by atomic mass is 32.2. The van der Waals surface area contributed by atoms with E-state index in [1.807, 2.05) is 6.08 Å². The van der Waals surface area contributed by atoms with Crippen LogP contribution in [0.2, 0.25) is 0 Å². The van der Waals surface area contributed by atoms with Gasteiger partial charge in [-0.3, -0.25) is 19.1 Å². The Labute approximate surface area is 198 Å². The summed E-state index contributed by atoms with van der Waals surface area (Å²) in [5.41, 5.74) is 1.20. The van der Waals surface area contributed by atoms with Gasteiger partial charge in [-0.1, -0.05) is 43.2 Å². The molecule has 0 atom stereocenters. The minimum absolute atomic E-state index is 0.0528. The lowest BCUT2D eigenvalue weighted by Gasteiger charge is -2.36. The van der Waals surface area contributed by atoms with Gasteiger partial charge < -0.3 is 9.80 Å². The molecule has 1 aromatic heterocycles. The number of carbonyl (C=O) groups is 1. The van der Waals surface area contributed by atoms with Crippen molar-refractivity contribution < 1.29 is 4.79 Å². The maximum atomic E-state index is 13.4. The third-order valence-corrected chi connectivity index (χ3v) is 8.14. The van der Waals surface area contributed by atoms with Crippen LogP contribution in [-0.2, 0) is 11.8 Å². The van der Waals surface area contributed by atoms with Gasteiger partial charge in [0.2, 0.25) is 0 Å². The first-order valence-corrected chi connectivity index (χ1v) is 12.4. The van der Waals surface area contributed by atoms with Gasteiger partial charge >= 0.3 is 0 Å². The molecule has 9 heteroatoms. The number of hydrogen-bond donors (Lipinski definition) is 0. The van der Waals surface area contributed by atoms with Crippen LogP contribution in [0.15, 0.2) is 9.70 Å². The Morgan fingerprint density at radius 1 is 1.09 bits per heavy atom. The van der Waals surface area contributed by atoms with E-state index in [-0.39, 0.29) is 23.1 Å². The molecule has 1 saturated carbocycles. The number of hydrogen-bond acceptors (Lipinski definition) is 7. The summed E-state index contributed by atoms with van der Waals surface area (Å²) in [6.07, 6.45) is 7.29. The SMILES string of the molecule is Cc1c(C=C2SC(=S)N(C3CCCCC3)C2=O)c(N2CCN(C)CC2)n(C)c(=O)c1C#N. The zero-order chi connectivity index (χ0) is 23.0. The second kappa shape index (κ2) is 9.38. The predicted octanol–water partition coefficient (Wildman–Crippen LogP) is 2.85. The average molecular weight is 472 g/mol.